The van der Waals surface area contributed by atoms with Crippen LogP contribution < -0.4 is 5.73 Å². The maximum Gasteiger partial charge on any atom is 0.410 e. The fraction of sp³-hybridized carbons (Fsp3) is 0.500. The third-order valence-electron chi connectivity index (χ3n) is 3.36. The molecule has 0 spiro atoms. The molecule has 1 aromatic carbocycles. The van der Waals surface area contributed by atoms with Gasteiger partial charge in [-0.25, -0.2) is 4.79 Å². The molecule has 0 aliphatic carbocycles. The summed E-state index contributed by atoms with van der Waals surface area (Å²) in [6, 6.07) is 9.98. The van der Waals surface area contributed by atoms with E-state index >= 15 is 0 Å². The molecule has 19 heavy (non-hydrogen) atoms. The monoisotopic (exact) mass is 284 g/mol. The zero-order valence-electron chi connectivity index (χ0n) is 11.1. The van der Waals surface area contributed by atoms with Crippen LogP contribution in [0.5, 0.6) is 0 Å². The Kier molecular flexibility index (Phi) is 6.12. The molecule has 1 aliphatic rings. The zero-order chi connectivity index (χ0) is 13.0. The number of amides is 1. The Morgan fingerprint density at radius 2 is 2.05 bits per heavy atom. The molecule has 4 nitrogen and oxygen atoms in total. The molecule has 0 radical (unpaired) electrons. The molecule has 1 saturated heterocycles. The summed E-state index contributed by atoms with van der Waals surface area (Å²) < 4.78 is 5.32. The molecule has 1 aliphatic heterocycles. The van der Waals surface area contributed by atoms with Gasteiger partial charge in [0, 0.05) is 18.6 Å². The molecule has 1 heterocycles. The lowest BCUT2D eigenvalue weighted by Gasteiger charge is -2.35. The van der Waals surface area contributed by atoms with Crippen molar-refractivity contribution in [3.63, 3.8) is 0 Å². The lowest BCUT2D eigenvalue weighted by Crippen LogP contribution is -2.50. The molecule has 5 heteroatoms. The first-order valence-electron chi connectivity index (χ1n) is 6.39. The Balaban J connectivity index is 0.00000180. The number of hydrogen-bond acceptors (Lipinski definition) is 3. The normalized spacial score (nSPS) is 22.5. The Morgan fingerprint density at radius 3 is 2.74 bits per heavy atom. The number of hydrogen-bond donors (Lipinski definition) is 1. The van der Waals surface area contributed by atoms with Crippen molar-refractivity contribution >= 4 is 18.5 Å². The second-order valence-corrected chi connectivity index (χ2v) is 4.88. The predicted molar refractivity (Wildman–Crippen MR) is 77.3 cm³/mol. The van der Waals surface area contributed by atoms with Gasteiger partial charge in [0.2, 0.25) is 0 Å². The molecule has 1 fully saturated rings. The number of rotatable bonds is 2. The third-order valence-corrected chi connectivity index (χ3v) is 3.36. The first-order chi connectivity index (χ1) is 8.66. The van der Waals surface area contributed by atoms with Crippen LogP contribution >= 0.6 is 12.4 Å². The van der Waals surface area contributed by atoms with Gasteiger partial charge < -0.3 is 15.4 Å². The second-order valence-electron chi connectivity index (χ2n) is 4.88. The van der Waals surface area contributed by atoms with Gasteiger partial charge in [-0.3, -0.25) is 0 Å². The fourth-order valence-electron chi connectivity index (χ4n) is 2.19. The van der Waals surface area contributed by atoms with Gasteiger partial charge in [-0.2, -0.15) is 0 Å². The van der Waals surface area contributed by atoms with Gasteiger partial charge in [-0.15, -0.1) is 12.4 Å². The van der Waals surface area contributed by atoms with Crippen LogP contribution in [0.15, 0.2) is 30.3 Å². The molecular formula is C14H21ClN2O2. The minimum atomic E-state index is -0.262. The largest absolute Gasteiger partial charge is 0.445 e. The van der Waals surface area contributed by atoms with E-state index in [2.05, 4.69) is 0 Å². The summed E-state index contributed by atoms with van der Waals surface area (Å²) in [6.07, 6.45) is 1.66. The van der Waals surface area contributed by atoms with Gasteiger partial charge in [0.05, 0.1) is 0 Å². The number of piperidine rings is 1. The average Bonchev–Trinajstić information content (AvgIpc) is 2.40. The highest BCUT2D eigenvalue weighted by atomic mass is 35.5. The summed E-state index contributed by atoms with van der Waals surface area (Å²) in [6.45, 7) is 2.95. The van der Waals surface area contributed by atoms with E-state index in [4.69, 9.17) is 10.5 Å². The van der Waals surface area contributed by atoms with Crippen molar-refractivity contribution in [1.29, 1.82) is 0 Å². The minimum absolute atomic E-state index is 0. The number of benzene rings is 1. The van der Waals surface area contributed by atoms with Gasteiger partial charge in [0.15, 0.2) is 0 Å². The highest BCUT2D eigenvalue weighted by Crippen LogP contribution is 2.17. The van der Waals surface area contributed by atoms with Crippen molar-refractivity contribution < 1.29 is 9.53 Å². The van der Waals surface area contributed by atoms with Gasteiger partial charge >= 0.3 is 6.09 Å². The van der Waals surface area contributed by atoms with Crippen LogP contribution in [0.2, 0.25) is 0 Å². The van der Waals surface area contributed by atoms with Gasteiger partial charge in [-0.05, 0) is 25.3 Å². The summed E-state index contributed by atoms with van der Waals surface area (Å²) in [7, 11) is 0. The van der Waals surface area contributed by atoms with E-state index in [0.717, 1.165) is 18.4 Å². The van der Waals surface area contributed by atoms with E-state index in [1.54, 1.807) is 4.90 Å². The number of nitrogens with zero attached hydrogens (tertiary/aromatic N) is 1. The van der Waals surface area contributed by atoms with E-state index in [-0.39, 0.29) is 30.6 Å². The molecule has 0 saturated carbocycles. The number of nitrogens with two attached hydrogens (primary N) is 1. The number of halogens is 1. The van der Waals surface area contributed by atoms with E-state index < -0.39 is 0 Å². The summed E-state index contributed by atoms with van der Waals surface area (Å²) >= 11 is 0. The first-order valence-corrected chi connectivity index (χ1v) is 6.39. The number of carbonyl (C=O) groups excluding carboxylic acids is 1. The summed E-state index contributed by atoms with van der Waals surface area (Å²) in [5.74, 6) is 0. The maximum absolute atomic E-state index is 12.0. The molecule has 106 valence electrons. The Morgan fingerprint density at radius 1 is 1.37 bits per heavy atom. The summed E-state index contributed by atoms with van der Waals surface area (Å²) in [5.41, 5.74) is 6.88. The highest BCUT2D eigenvalue weighted by molar-refractivity contribution is 5.85. The molecular weight excluding hydrogens is 264 g/mol. The van der Waals surface area contributed by atoms with Crippen LogP contribution in [0.3, 0.4) is 0 Å². The number of ether oxygens (including phenoxy) is 1. The van der Waals surface area contributed by atoms with Crippen molar-refractivity contribution in [3.8, 4) is 0 Å². The molecule has 0 aromatic heterocycles. The Labute approximate surface area is 120 Å². The molecule has 0 bridgehead atoms. The quantitative estimate of drug-likeness (QED) is 0.908. The van der Waals surface area contributed by atoms with Crippen molar-refractivity contribution in [2.24, 2.45) is 5.73 Å². The van der Waals surface area contributed by atoms with Crippen LogP contribution in [-0.4, -0.2) is 29.6 Å². The summed E-state index contributed by atoms with van der Waals surface area (Å²) in [5, 5.41) is 0. The highest BCUT2D eigenvalue weighted by Gasteiger charge is 2.28. The molecule has 0 unspecified atom stereocenters. The lowest BCUT2D eigenvalue weighted by molar-refractivity contribution is 0.0680. The Hall–Kier alpha value is -1.26. The SMILES string of the molecule is C[C@H]1CC[C@H](N)CN1C(=O)OCc1ccccc1.Cl. The topological polar surface area (TPSA) is 55.6 Å². The van der Waals surface area contributed by atoms with E-state index in [1.807, 2.05) is 37.3 Å². The standard InChI is InChI=1S/C14H20N2O2.ClH/c1-11-7-8-13(15)9-16(11)14(17)18-10-12-5-3-2-4-6-12;/h2-6,11,13H,7-10,15H2,1H3;1H/t11-,13-;/m0./s1. The zero-order valence-corrected chi connectivity index (χ0v) is 11.9. The number of likely N-dealkylation sites (tertiary alicyclic amines) is 1. The van der Waals surface area contributed by atoms with E-state index in [0.29, 0.717) is 13.2 Å². The average molecular weight is 285 g/mol. The first kappa shape index (κ1) is 15.8. The van der Waals surface area contributed by atoms with E-state index in [9.17, 15) is 4.79 Å². The second kappa shape index (κ2) is 7.36. The van der Waals surface area contributed by atoms with Crippen LogP contribution in [0.1, 0.15) is 25.3 Å². The molecule has 1 aromatic rings. The number of carbonyl (C=O) groups is 1. The molecule has 2 N–H and O–H groups in total. The molecule has 1 amide bonds. The van der Waals surface area contributed by atoms with Crippen LogP contribution in [0, 0.1) is 0 Å². The summed E-state index contributed by atoms with van der Waals surface area (Å²) in [4.78, 5) is 13.7. The van der Waals surface area contributed by atoms with E-state index in [1.165, 1.54) is 0 Å². The van der Waals surface area contributed by atoms with Gasteiger partial charge in [0.1, 0.15) is 6.61 Å². The Bertz CT molecular complexity index is 400. The molecule has 2 rings (SSSR count). The van der Waals surface area contributed by atoms with Crippen molar-refractivity contribution in [3.05, 3.63) is 35.9 Å². The van der Waals surface area contributed by atoms with Crippen molar-refractivity contribution in [2.45, 2.75) is 38.5 Å². The van der Waals surface area contributed by atoms with Gasteiger partial charge in [0.25, 0.3) is 0 Å². The van der Waals surface area contributed by atoms with Crippen molar-refractivity contribution in [1.82, 2.24) is 4.90 Å². The van der Waals surface area contributed by atoms with Crippen LogP contribution in [-0.2, 0) is 11.3 Å². The van der Waals surface area contributed by atoms with Crippen LogP contribution in [0.4, 0.5) is 4.79 Å². The van der Waals surface area contributed by atoms with Gasteiger partial charge in [-0.1, -0.05) is 30.3 Å². The smallest absolute Gasteiger partial charge is 0.410 e. The minimum Gasteiger partial charge on any atom is -0.445 e. The maximum atomic E-state index is 12.0. The van der Waals surface area contributed by atoms with Crippen LogP contribution in [0.25, 0.3) is 0 Å². The third kappa shape index (κ3) is 4.40. The van der Waals surface area contributed by atoms with Crippen molar-refractivity contribution in [2.75, 3.05) is 6.54 Å². The molecule has 2 atom stereocenters. The lowest BCUT2D eigenvalue weighted by atomic mass is 10.0. The predicted octanol–water partition coefficient (Wildman–Crippen LogP) is 2.56. The fourth-order valence-corrected chi connectivity index (χ4v) is 2.19.